The third-order valence-corrected chi connectivity index (χ3v) is 4.12. The van der Waals surface area contributed by atoms with Crippen LogP contribution in [0.5, 0.6) is 11.5 Å². The molecule has 1 heterocycles. The van der Waals surface area contributed by atoms with E-state index in [1.165, 1.54) is 0 Å². The minimum absolute atomic E-state index is 0.390. The minimum Gasteiger partial charge on any atom is -0.496 e. The number of nitrogens with zero attached hydrogens (tertiary/aromatic N) is 2. The quantitative estimate of drug-likeness (QED) is 0.543. The van der Waals surface area contributed by atoms with Gasteiger partial charge in [0, 0.05) is 29.3 Å². The molecule has 2 aromatic carbocycles. The summed E-state index contributed by atoms with van der Waals surface area (Å²) in [7, 11) is 3.29. The summed E-state index contributed by atoms with van der Waals surface area (Å²) in [6.07, 6.45) is 1.56. The summed E-state index contributed by atoms with van der Waals surface area (Å²) in [6, 6.07) is 15.6. The average Bonchev–Trinajstić information content (AvgIpc) is 2.68. The standard InChI is InChI=1S/C19H18ClN3O2/c1-24-17-8-7-14(9-13(17)11-20)23-19-10-16(21-12-22-19)15-5-3-4-6-18(15)25-2/h3-10,12H,11H2,1-2H3,(H,21,22,23)/p+1. The van der Waals surface area contributed by atoms with E-state index in [2.05, 4.69) is 9.97 Å². The first-order chi connectivity index (χ1) is 12.2. The number of rotatable bonds is 6. The first-order valence-electron chi connectivity index (χ1n) is 7.78. The zero-order chi connectivity index (χ0) is 17.6. The SMILES string of the molecule is COc1ccc([NH2+]c2cc(-c3ccccc3OC)ncn2)cc1CCl. The van der Waals surface area contributed by atoms with Crippen molar-refractivity contribution in [2.45, 2.75) is 5.88 Å². The lowest BCUT2D eigenvalue weighted by molar-refractivity contribution is -0.483. The number of quaternary nitrogens is 1. The van der Waals surface area contributed by atoms with Crippen LogP contribution in [0, 0.1) is 0 Å². The molecular weight excluding hydrogens is 338 g/mol. The Bertz CT molecular complexity index is 871. The minimum atomic E-state index is 0.390. The van der Waals surface area contributed by atoms with Gasteiger partial charge in [-0.1, -0.05) is 12.1 Å². The normalized spacial score (nSPS) is 10.5. The van der Waals surface area contributed by atoms with Gasteiger partial charge in [-0.3, -0.25) is 5.32 Å². The molecule has 0 aliphatic heterocycles. The molecule has 0 atom stereocenters. The smallest absolute Gasteiger partial charge is 0.232 e. The van der Waals surface area contributed by atoms with Crippen molar-refractivity contribution in [3.63, 3.8) is 0 Å². The molecule has 3 aromatic rings. The van der Waals surface area contributed by atoms with E-state index in [4.69, 9.17) is 21.1 Å². The molecule has 0 aliphatic carbocycles. The van der Waals surface area contributed by atoms with Crippen LogP contribution in [0.25, 0.3) is 11.3 Å². The lowest BCUT2D eigenvalue weighted by Gasteiger charge is -2.09. The van der Waals surface area contributed by atoms with E-state index in [0.29, 0.717) is 5.88 Å². The number of alkyl halides is 1. The number of hydrogen-bond acceptors (Lipinski definition) is 4. The molecule has 0 amide bonds. The number of aromatic nitrogens is 2. The molecule has 25 heavy (non-hydrogen) atoms. The van der Waals surface area contributed by atoms with Gasteiger partial charge >= 0.3 is 0 Å². The molecule has 128 valence electrons. The molecule has 3 rings (SSSR count). The molecule has 0 bridgehead atoms. The molecule has 0 unspecified atom stereocenters. The van der Waals surface area contributed by atoms with E-state index in [-0.39, 0.29) is 0 Å². The molecule has 0 saturated carbocycles. The van der Waals surface area contributed by atoms with Gasteiger partial charge in [0.15, 0.2) is 0 Å². The van der Waals surface area contributed by atoms with Crippen LogP contribution in [0.1, 0.15) is 5.56 Å². The Morgan fingerprint density at radius 2 is 1.76 bits per heavy atom. The second-order valence-electron chi connectivity index (χ2n) is 5.38. The van der Waals surface area contributed by atoms with Crippen LogP contribution in [-0.2, 0) is 5.88 Å². The van der Waals surface area contributed by atoms with Crippen molar-refractivity contribution < 1.29 is 14.8 Å². The highest BCUT2D eigenvalue weighted by atomic mass is 35.5. The molecule has 0 saturated heterocycles. The number of para-hydroxylation sites is 1. The topological polar surface area (TPSA) is 60.9 Å². The first-order valence-corrected chi connectivity index (χ1v) is 8.31. The lowest BCUT2D eigenvalue weighted by Crippen LogP contribution is -2.71. The Labute approximate surface area is 151 Å². The Kier molecular flexibility index (Phi) is 5.48. The van der Waals surface area contributed by atoms with Crippen LogP contribution in [0.2, 0.25) is 0 Å². The fourth-order valence-electron chi connectivity index (χ4n) is 2.62. The zero-order valence-corrected chi connectivity index (χ0v) is 14.8. The van der Waals surface area contributed by atoms with Crippen molar-refractivity contribution in [1.82, 2.24) is 9.97 Å². The van der Waals surface area contributed by atoms with Crippen LogP contribution >= 0.6 is 11.6 Å². The highest BCUT2D eigenvalue weighted by Crippen LogP contribution is 2.28. The van der Waals surface area contributed by atoms with Crippen LogP contribution in [-0.4, -0.2) is 24.2 Å². The molecular formula is C19H19ClN3O2+. The van der Waals surface area contributed by atoms with E-state index in [1.807, 2.05) is 53.8 Å². The Hall–Kier alpha value is -2.63. The molecule has 2 N–H and O–H groups in total. The van der Waals surface area contributed by atoms with E-state index in [1.54, 1.807) is 20.5 Å². The predicted molar refractivity (Wildman–Crippen MR) is 97.8 cm³/mol. The fraction of sp³-hybridized carbons (Fsp3) is 0.158. The number of halogens is 1. The summed E-state index contributed by atoms with van der Waals surface area (Å²) in [5, 5.41) is 1.98. The van der Waals surface area contributed by atoms with Crippen molar-refractivity contribution in [1.29, 1.82) is 0 Å². The maximum Gasteiger partial charge on any atom is 0.232 e. The molecule has 5 nitrogen and oxygen atoms in total. The maximum atomic E-state index is 5.99. The molecule has 6 heteroatoms. The van der Waals surface area contributed by atoms with Crippen molar-refractivity contribution in [3.05, 3.63) is 60.4 Å². The third kappa shape index (κ3) is 3.90. The number of hydrogen-bond donors (Lipinski definition) is 1. The van der Waals surface area contributed by atoms with Gasteiger partial charge in [0.2, 0.25) is 5.82 Å². The number of nitrogens with two attached hydrogens (primary N) is 1. The van der Waals surface area contributed by atoms with Gasteiger partial charge < -0.3 is 9.47 Å². The zero-order valence-electron chi connectivity index (χ0n) is 14.1. The summed E-state index contributed by atoms with van der Waals surface area (Å²) in [5.41, 5.74) is 3.68. The van der Waals surface area contributed by atoms with Gasteiger partial charge in [-0.15, -0.1) is 11.6 Å². The van der Waals surface area contributed by atoms with Gasteiger partial charge in [0.05, 0.1) is 25.8 Å². The predicted octanol–water partition coefficient (Wildman–Crippen LogP) is 3.43. The second-order valence-corrected chi connectivity index (χ2v) is 5.64. The summed E-state index contributed by atoms with van der Waals surface area (Å²) < 4.78 is 10.7. The van der Waals surface area contributed by atoms with Crippen LogP contribution in [0.3, 0.4) is 0 Å². The van der Waals surface area contributed by atoms with E-state index < -0.39 is 0 Å². The van der Waals surface area contributed by atoms with Crippen LogP contribution in [0.15, 0.2) is 54.9 Å². The Morgan fingerprint density at radius 3 is 2.52 bits per heavy atom. The fourth-order valence-corrected chi connectivity index (χ4v) is 2.83. The van der Waals surface area contributed by atoms with Gasteiger partial charge in [-0.2, -0.15) is 4.98 Å². The van der Waals surface area contributed by atoms with Crippen molar-refractivity contribution in [3.8, 4) is 22.8 Å². The average molecular weight is 357 g/mol. The summed E-state index contributed by atoms with van der Waals surface area (Å²) in [4.78, 5) is 8.71. The van der Waals surface area contributed by atoms with Gasteiger partial charge in [-0.05, 0) is 18.2 Å². The highest BCUT2D eigenvalue weighted by molar-refractivity contribution is 6.17. The monoisotopic (exact) mass is 356 g/mol. The van der Waals surface area contributed by atoms with Crippen molar-refractivity contribution in [2.24, 2.45) is 0 Å². The summed E-state index contributed by atoms with van der Waals surface area (Å²) in [5.74, 6) is 2.76. The molecule has 0 aliphatic rings. The summed E-state index contributed by atoms with van der Waals surface area (Å²) >= 11 is 5.99. The van der Waals surface area contributed by atoms with Crippen LogP contribution in [0.4, 0.5) is 11.5 Å². The first kappa shape index (κ1) is 17.2. The maximum absolute atomic E-state index is 5.99. The largest absolute Gasteiger partial charge is 0.496 e. The number of ether oxygens (including phenoxy) is 2. The van der Waals surface area contributed by atoms with Crippen molar-refractivity contribution in [2.75, 3.05) is 14.2 Å². The molecule has 1 aromatic heterocycles. The van der Waals surface area contributed by atoms with E-state index >= 15 is 0 Å². The molecule has 0 spiro atoms. The highest BCUT2D eigenvalue weighted by Gasteiger charge is 2.11. The Morgan fingerprint density at radius 1 is 0.960 bits per heavy atom. The van der Waals surface area contributed by atoms with Gasteiger partial charge in [0.1, 0.15) is 23.5 Å². The molecule has 0 fully saturated rings. The van der Waals surface area contributed by atoms with Gasteiger partial charge in [0.25, 0.3) is 0 Å². The molecule has 0 radical (unpaired) electrons. The van der Waals surface area contributed by atoms with E-state index in [0.717, 1.165) is 39.8 Å². The lowest BCUT2D eigenvalue weighted by atomic mass is 10.1. The van der Waals surface area contributed by atoms with Gasteiger partial charge in [-0.25, -0.2) is 4.98 Å². The third-order valence-electron chi connectivity index (χ3n) is 3.83. The Balaban J connectivity index is 1.90. The summed E-state index contributed by atoms with van der Waals surface area (Å²) in [6.45, 7) is 0. The van der Waals surface area contributed by atoms with Crippen molar-refractivity contribution >= 4 is 23.1 Å². The van der Waals surface area contributed by atoms with Crippen LogP contribution < -0.4 is 14.8 Å². The van der Waals surface area contributed by atoms with E-state index in [9.17, 15) is 0 Å². The second kappa shape index (κ2) is 7.96. The number of methoxy groups -OCH3 is 2. The number of benzene rings is 2.